The van der Waals surface area contributed by atoms with Crippen LogP contribution in [0.3, 0.4) is 0 Å². The number of aromatic amines is 1. The van der Waals surface area contributed by atoms with E-state index in [4.69, 9.17) is 17.3 Å². The van der Waals surface area contributed by atoms with Gasteiger partial charge in [0.05, 0.1) is 6.20 Å². The number of nitrogens with two attached hydrogens (primary N) is 1. The average Bonchev–Trinajstić information content (AvgIpc) is 2.53. The Morgan fingerprint density at radius 3 is 3.08 bits per heavy atom. The smallest absolute Gasteiger partial charge is 0.158 e. The molecule has 2 aromatic rings. The molecule has 2 aromatic heterocycles. The second-order valence-corrected chi connectivity index (χ2v) is 2.96. The maximum atomic E-state index is 5.88. The Hall–Kier alpha value is -1.20. The molecule has 0 atom stereocenters. The van der Waals surface area contributed by atoms with Crippen LogP contribution in [0, 0.1) is 0 Å². The zero-order chi connectivity index (χ0) is 9.26. The summed E-state index contributed by atoms with van der Waals surface area (Å²) in [7, 11) is 0. The third-order valence-electron chi connectivity index (χ3n) is 1.67. The van der Waals surface area contributed by atoms with Gasteiger partial charge in [0.1, 0.15) is 16.9 Å². The molecule has 6 heteroatoms. The number of H-pyrrole nitrogens is 1. The third-order valence-corrected chi connectivity index (χ3v) is 1.94. The molecule has 0 fully saturated rings. The minimum Gasteiger partial charge on any atom is -0.330 e. The fourth-order valence-corrected chi connectivity index (χ4v) is 1.33. The highest BCUT2D eigenvalue weighted by Gasteiger charge is 2.06. The van der Waals surface area contributed by atoms with Crippen molar-refractivity contribution >= 4 is 22.6 Å². The molecule has 0 bridgehead atoms. The van der Waals surface area contributed by atoms with Gasteiger partial charge < -0.3 is 5.73 Å². The highest BCUT2D eigenvalue weighted by molar-refractivity contribution is 6.33. The Balaban J connectivity index is 2.56. The maximum absolute atomic E-state index is 5.88. The summed E-state index contributed by atoms with van der Waals surface area (Å²) >= 11 is 5.88. The van der Waals surface area contributed by atoms with Crippen LogP contribution in [0.15, 0.2) is 6.20 Å². The van der Waals surface area contributed by atoms with Gasteiger partial charge in [-0.1, -0.05) is 11.6 Å². The Morgan fingerprint density at radius 1 is 1.46 bits per heavy atom. The van der Waals surface area contributed by atoms with E-state index < -0.39 is 0 Å². The van der Waals surface area contributed by atoms with Crippen molar-refractivity contribution in [3.05, 3.63) is 17.2 Å². The number of nitrogens with zero attached hydrogens (tertiary/aromatic N) is 3. The van der Waals surface area contributed by atoms with Gasteiger partial charge in [-0.05, 0) is 6.54 Å². The van der Waals surface area contributed by atoms with E-state index in [1.807, 2.05) is 0 Å². The average molecular weight is 198 g/mol. The fourth-order valence-electron chi connectivity index (χ4n) is 1.09. The first-order valence-corrected chi connectivity index (χ1v) is 4.24. The summed E-state index contributed by atoms with van der Waals surface area (Å²) in [6, 6.07) is 0. The van der Waals surface area contributed by atoms with E-state index in [0.717, 1.165) is 5.52 Å². The van der Waals surface area contributed by atoms with Crippen molar-refractivity contribution in [2.45, 2.75) is 6.42 Å². The van der Waals surface area contributed by atoms with Crippen molar-refractivity contribution in [2.24, 2.45) is 5.73 Å². The molecular formula is C7H8ClN5. The van der Waals surface area contributed by atoms with Gasteiger partial charge in [0, 0.05) is 6.42 Å². The van der Waals surface area contributed by atoms with Gasteiger partial charge in [0.25, 0.3) is 0 Å². The molecule has 0 aliphatic heterocycles. The maximum Gasteiger partial charge on any atom is 0.158 e. The zero-order valence-corrected chi connectivity index (χ0v) is 7.54. The molecule has 0 unspecified atom stereocenters. The Labute approximate surface area is 79.3 Å². The molecule has 3 N–H and O–H groups in total. The molecule has 0 aliphatic carbocycles. The summed E-state index contributed by atoms with van der Waals surface area (Å²) in [6.45, 7) is 0.514. The standard InChI is InChI=1S/C7H8ClN5/c8-7-6-4(3-10-13-6)11-5(12-7)1-2-9/h3H,1-2,9H2,(H,10,13). The molecule has 0 aromatic carbocycles. The van der Waals surface area contributed by atoms with E-state index in [2.05, 4.69) is 20.2 Å². The minimum absolute atomic E-state index is 0.394. The monoisotopic (exact) mass is 197 g/mol. The van der Waals surface area contributed by atoms with Gasteiger partial charge in [-0.15, -0.1) is 0 Å². The van der Waals surface area contributed by atoms with Crippen LogP contribution >= 0.6 is 11.6 Å². The molecule has 2 heterocycles. The van der Waals surface area contributed by atoms with Crippen LogP contribution in [0.1, 0.15) is 5.82 Å². The molecule has 0 saturated carbocycles. The lowest BCUT2D eigenvalue weighted by Crippen LogP contribution is -2.06. The SMILES string of the molecule is NCCc1nc(Cl)c2[nH]ncc2n1. The number of rotatable bonds is 2. The van der Waals surface area contributed by atoms with Gasteiger partial charge in [0.15, 0.2) is 5.15 Å². The van der Waals surface area contributed by atoms with Crippen LogP contribution in [-0.2, 0) is 6.42 Å². The molecular weight excluding hydrogens is 190 g/mol. The predicted molar refractivity (Wildman–Crippen MR) is 49.5 cm³/mol. The van der Waals surface area contributed by atoms with Crippen molar-refractivity contribution in [3.8, 4) is 0 Å². The number of fused-ring (bicyclic) bond motifs is 1. The largest absolute Gasteiger partial charge is 0.330 e. The molecule has 0 amide bonds. The Bertz CT molecular complexity index is 424. The minimum atomic E-state index is 0.394. The number of halogens is 1. The molecule has 13 heavy (non-hydrogen) atoms. The van der Waals surface area contributed by atoms with Crippen LogP contribution in [0.4, 0.5) is 0 Å². The molecule has 0 radical (unpaired) electrons. The summed E-state index contributed by atoms with van der Waals surface area (Å²) < 4.78 is 0. The summed E-state index contributed by atoms with van der Waals surface area (Å²) in [5.74, 6) is 0.654. The second-order valence-electron chi connectivity index (χ2n) is 2.60. The van der Waals surface area contributed by atoms with Crippen molar-refractivity contribution in [1.29, 1.82) is 0 Å². The van der Waals surface area contributed by atoms with Gasteiger partial charge in [-0.25, -0.2) is 9.97 Å². The van der Waals surface area contributed by atoms with Gasteiger partial charge in [-0.3, -0.25) is 5.10 Å². The van der Waals surface area contributed by atoms with Crippen LogP contribution < -0.4 is 5.73 Å². The van der Waals surface area contributed by atoms with E-state index in [0.29, 0.717) is 29.5 Å². The Morgan fingerprint density at radius 2 is 2.31 bits per heavy atom. The fraction of sp³-hybridized carbons (Fsp3) is 0.286. The van der Waals surface area contributed by atoms with Crippen molar-refractivity contribution < 1.29 is 0 Å². The van der Waals surface area contributed by atoms with Gasteiger partial charge in [0.2, 0.25) is 0 Å². The van der Waals surface area contributed by atoms with Crippen molar-refractivity contribution in [3.63, 3.8) is 0 Å². The van der Waals surface area contributed by atoms with Crippen LogP contribution in [0.5, 0.6) is 0 Å². The van der Waals surface area contributed by atoms with Gasteiger partial charge in [-0.2, -0.15) is 5.10 Å². The van der Waals surface area contributed by atoms with Crippen LogP contribution in [-0.4, -0.2) is 26.7 Å². The summed E-state index contributed by atoms with van der Waals surface area (Å²) in [4.78, 5) is 8.28. The van der Waals surface area contributed by atoms with Crippen LogP contribution in [0.2, 0.25) is 5.15 Å². The molecule has 2 rings (SSSR count). The van der Waals surface area contributed by atoms with Crippen molar-refractivity contribution in [1.82, 2.24) is 20.2 Å². The van der Waals surface area contributed by atoms with E-state index in [-0.39, 0.29) is 0 Å². The lowest BCUT2D eigenvalue weighted by atomic mass is 10.4. The van der Waals surface area contributed by atoms with E-state index >= 15 is 0 Å². The highest BCUT2D eigenvalue weighted by atomic mass is 35.5. The Kier molecular flexibility index (Phi) is 2.12. The summed E-state index contributed by atoms with van der Waals surface area (Å²) in [6.07, 6.45) is 2.24. The molecule has 0 aliphatic rings. The highest BCUT2D eigenvalue weighted by Crippen LogP contribution is 2.16. The number of hydrogen-bond acceptors (Lipinski definition) is 4. The molecule has 0 spiro atoms. The summed E-state index contributed by atoms with van der Waals surface area (Å²) in [5.41, 5.74) is 6.78. The lowest BCUT2D eigenvalue weighted by Gasteiger charge is -1.97. The lowest BCUT2D eigenvalue weighted by molar-refractivity contribution is 0.879. The van der Waals surface area contributed by atoms with Gasteiger partial charge >= 0.3 is 0 Å². The second kappa shape index (κ2) is 3.27. The summed E-state index contributed by atoms with van der Waals surface area (Å²) in [5, 5.41) is 6.93. The first-order valence-electron chi connectivity index (χ1n) is 3.87. The number of aromatic nitrogens is 4. The normalized spacial score (nSPS) is 10.9. The van der Waals surface area contributed by atoms with E-state index in [1.54, 1.807) is 6.20 Å². The third kappa shape index (κ3) is 1.48. The molecule has 68 valence electrons. The molecule has 0 saturated heterocycles. The molecule has 5 nitrogen and oxygen atoms in total. The number of hydrogen-bond donors (Lipinski definition) is 2. The van der Waals surface area contributed by atoms with Crippen LogP contribution in [0.25, 0.3) is 11.0 Å². The predicted octanol–water partition coefficient (Wildman–Crippen LogP) is 0.507. The number of nitrogens with one attached hydrogen (secondary N) is 1. The zero-order valence-electron chi connectivity index (χ0n) is 6.79. The first-order chi connectivity index (χ1) is 6.31. The first kappa shape index (κ1) is 8.40. The van der Waals surface area contributed by atoms with E-state index in [9.17, 15) is 0 Å². The van der Waals surface area contributed by atoms with E-state index in [1.165, 1.54) is 0 Å². The van der Waals surface area contributed by atoms with Crippen molar-refractivity contribution in [2.75, 3.05) is 6.54 Å². The quantitative estimate of drug-likeness (QED) is 0.688. The topological polar surface area (TPSA) is 80.5 Å².